The molecule has 2 unspecified atom stereocenters. The van der Waals surface area contributed by atoms with E-state index in [-0.39, 0.29) is 18.4 Å². The number of aryl methyl sites for hydroxylation is 1. The van der Waals surface area contributed by atoms with Crippen LogP contribution in [-0.2, 0) is 16.0 Å². The van der Waals surface area contributed by atoms with E-state index in [2.05, 4.69) is 16.0 Å². The van der Waals surface area contributed by atoms with Gasteiger partial charge in [0, 0.05) is 12.5 Å². The van der Waals surface area contributed by atoms with Gasteiger partial charge in [-0.05, 0) is 25.5 Å². The van der Waals surface area contributed by atoms with E-state index in [1.54, 1.807) is 6.26 Å². The van der Waals surface area contributed by atoms with Crippen LogP contribution >= 0.6 is 0 Å². The smallest absolute Gasteiger partial charge is 0.322 e. The van der Waals surface area contributed by atoms with Gasteiger partial charge in [-0.1, -0.05) is 0 Å². The summed E-state index contributed by atoms with van der Waals surface area (Å²) in [5, 5.41) is 7.27. The van der Waals surface area contributed by atoms with Crippen molar-refractivity contribution in [1.82, 2.24) is 16.0 Å². The van der Waals surface area contributed by atoms with Gasteiger partial charge in [0.25, 0.3) is 5.91 Å². The van der Waals surface area contributed by atoms with Gasteiger partial charge in [0.1, 0.15) is 11.8 Å². The van der Waals surface area contributed by atoms with Crippen molar-refractivity contribution in [2.24, 2.45) is 0 Å². The van der Waals surface area contributed by atoms with Gasteiger partial charge < -0.3 is 15.1 Å². The number of nitrogens with one attached hydrogen (secondary N) is 3. The van der Waals surface area contributed by atoms with Crippen LogP contribution in [-0.4, -0.2) is 29.9 Å². The van der Waals surface area contributed by atoms with Gasteiger partial charge in [0.05, 0.1) is 12.7 Å². The van der Waals surface area contributed by atoms with E-state index in [1.807, 2.05) is 19.1 Å². The zero-order chi connectivity index (χ0) is 14.5. The van der Waals surface area contributed by atoms with Crippen LogP contribution in [0.25, 0.3) is 0 Å². The maximum Gasteiger partial charge on any atom is 0.322 e. The van der Waals surface area contributed by atoms with E-state index >= 15 is 0 Å². The highest BCUT2D eigenvalue weighted by molar-refractivity contribution is 6.05. The second-order valence-corrected chi connectivity index (χ2v) is 4.81. The lowest BCUT2D eigenvalue weighted by Crippen LogP contribution is -2.39. The van der Waals surface area contributed by atoms with Gasteiger partial charge in [-0.3, -0.25) is 14.9 Å². The molecule has 7 heteroatoms. The van der Waals surface area contributed by atoms with E-state index in [0.717, 1.165) is 18.6 Å². The Bertz CT molecular complexity index is 498. The largest absolute Gasteiger partial charge is 0.469 e. The molecule has 0 aromatic carbocycles. The molecule has 4 amide bonds. The first-order valence-electron chi connectivity index (χ1n) is 6.47. The molecule has 1 aliphatic rings. The number of rotatable bonds is 6. The van der Waals surface area contributed by atoms with Crippen LogP contribution in [0.4, 0.5) is 4.79 Å². The van der Waals surface area contributed by atoms with Crippen LogP contribution in [0.15, 0.2) is 22.8 Å². The third kappa shape index (κ3) is 3.84. The van der Waals surface area contributed by atoms with E-state index in [1.165, 1.54) is 0 Å². The first kappa shape index (κ1) is 14.1. The number of amides is 4. The van der Waals surface area contributed by atoms with Crippen molar-refractivity contribution in [3.8, 4) is 0 Å². The van der Waals surface area contributed by atoms with Gasteiger partial charge in [0.2, 0.25) is 5.91 Å². The van der Waals surface area contributed by atoms with E-state index in [4.69, 9.17) is 4.42 Å². The lowest BCUT2D eigenvalue weighted by Gasteiger charge is -2.14. The summed E-state index contributed by atoms with van der Waals surface area (Å²) < 4.78 is 5.21. The number of hydrogen-bond donors (Lipinski definition) is 3. The van der Waals surface area contributed by atoms with Crippen molar-refractivity contribution < 1.29 is 18.8 Å². The molecule has 1 saturated heterocycles. The van der Waals surface area contributed by atoms with Crippen LogP contribution in [0, 0.1) is 0 Å². The summed E-state index contributed by atoms with van der Waals surface area (Å²) in [6, 6.07) is 2.33. The summed E-state index contributed by atoms with van der Waals surface area (Å²) in [7, 11) is 0. The van der Waals surface area contributed by atoms with Crippen molar-refractivity contribution in [2.75, 3.05) is 0 Å². The molecule has 1 aromatic rings. The molecule has 0 bridgehead atoms. The van der Waals surface area contributed by atoms with Crippen LogP contribution < -0.4 is 16.0 Å². The SMILES string of the molecule is CC(CCc1ccco1)NC(=O)CC1NC(=O)NC1=O. The van der Waals surface area contributed by atoms with E-state index in [0.29, 0.717) is 0 Å². The normalized spacial score (nSPS) is 19.4. The zero-order valence-electron chi connectivity index (χ0n) is 11.1. The molecule has 7 nitrogen and oxygen atoms in total. The molecule has 2 rings (SSSR count). The number of hydrogen-bond acceptors (Lipinski definition) is 4. The van der Waals surface area contributed by atoms with Gasteiger partial charge in [-0.15, -0.1) is 0 Å². The molecule has 1 aliphatic heterocycles. The standard InChI is InChI=1S/C13H17N3O4/c1-8(4-5-9-3-2-6-20-9)14-11(17)7-10-12(18)16-13(19)15-10/h2-3,6,8,10H,4-5,7H2,1H3,(H,14,17)(H2,15,16,18,19). The number of furan rings is 1. The van der Waals surface area contributed by atoms with Crippen molar-refractivity contribution in [2.45, 2.75) is 38.3 Å². The van der Waals surface area contributed by atoms with Crippen LogP contribution in [0.2, 0.25) is 0 Å². The summed E-state index contributed by atoms with van der Waals surface area (Å²) >= 11 is 0. The quantitative estimate of drug-likeness (QED) is 0.653. The fraction of sp³-hybridized carbons (Fsp3) is 0.462. The van der Waals surface area contributed by atoms with Gasteiger partial charge in [-0.25, -0.2) is 4.79 Å². The van der Waals surface area contributed by atoms with Crippen molar-refractivity contribution in [3.63, 3.8) is 0 Å². The second-order valence-electron chi connectivity index (χ2n) is 4.81. The molecule has 20 heavy (non-hydrogen) atoms. The Labute approximate surface area is 116 Å². The first-order chi connectivity index (χ1) is 9.54. The molecule has 3 N–H and O–H groups in total. The number of urea groups is 1. The Balaban J connectivity index is 1.71. The highest BCUT2D eigenvalue weighted by Gasteiger charge is 2.31. The molecular formula is C13H17N3O4. The van der Waals surface area contributed by atoms with E-state index < -0.39 is 18.0 Å². The van der Waals surface area contributed by atoms with Gasteiger partial charge in [-0.2, -0.15) is 0 Å². The molecule has 0 aliphatic carbocycles. The molecule has 2 heterocycles. The molecule has 0 spiro atoms. The number of carbonyl (C=O) groups is 3. The Kier molecular flexibility index (Phi) is 4.39. The lowest BCUT2D eigenvalue weighted by atomic mass is 10.1. The highest BCUT2D eigenvalue weighted by Crippen LogP contribution is 2.06. The average molecular weight is 279 g/mol. The molecule has 1 aromatic heterocycles. The summed E-state index contributed by atoms with van der Waals surface area (Å²) in [5.41, 5.74) is 0. The summed E-state index contributed by atoms with van der Waals surface area (Å²) in [4.78, 5) is 34.0. The monoisotopic (exact) mass is 279 g/mol. The highest BCUT2D eigenvalue weighted by atomic mass is 16.3. The minimum absolute atomic E-state index is 0.0345. The van der Waals surface area contributed by atoms with Crippen molar-refractivity contribution in [1.29, 1.82) is 0 Å². The zero-order valence-corrected chi connectivity index (χ0v) is 11.1. The Morgan fingerprint density at radius 2 is 2.30 bits per heavy atom. The van der Waals surface area contributed by atoms with Gasteiger partial charge >= 0.3 is 6.03 Å². The molecule has 1 fully saturated rings. The van der Waals surface area contributed by atoms with Crippen LogP contribution in [0.1, 0.15) is 25.5 Å². The molecular weight excluding hydrogens is 262 g/mol. The maximum absolute atomic E-state index is 11.8. The van der Waals surface area contributed by atoms with Crippen LogP contribution in [0.3, 0.4) is 0 Å². The Morgan fingerprint density at radius 1 is 1.50 bits per heavy atom. The third-order valence-electron chi connectivity index (χ3n) is 3.06. The minimum atomic E-state index is -0.778. The van der Waals surface area contributed by atoms with Crippen LogP contribution in [0.5, 0.6) is 0 Å². The molecule has 0 saturated carbocycles. The summed E-state index contributed by atoms with van der Waals surface area (Å²) in [5.74, 6) is 0.140. The Hall–Kier alpha value is -2.31. The molecule has 2 atom stereocenters. The fourth-order valence-electron chi connectivity index (χ4n) is 2.01. The predicted molar refractivity (Wildman–Crippen MR) is 69.7 cm³/mol. The topological polar surface area (TPSA) is 100 Å². The fourth-order valence-corrected chi connectivity index (χ4v) is 2.01. The van der Waals surface area contributed by atoms with Crippen molar-refractivity contribution in [3.05, 3.63) is 24.2 Å². The summed E-state index contributed by atoms with van der Waals surface area (Å²) in [6.07, 6.45) is 3.03. The molecule has 108 valence electrons. The van der Waals surface area contributed by atoms with E-state index in [9.17, 15) is 14.4 Å². The molecule has 0 radical (unpaired) electrons. The van der Waals surface area contributed by atoms with Gasteiger partial charge in [0.15, 0.2) is 0 Å². The lowest BCUT2D eigenvalue weighted by molar-refractivity contribution is -0.126. The first-order valence-corrected chi connectivity index (χ1v) is 6.47. The summed E-state index contributed by atoms with van der Waals surface area (Å²) in [6.45, 7) is 1.88. The minimum Gasteiger partial charge on any atom is -0.469 e. The van der Waals surface area contributed by atoms with Crippen molar-refractivity contribution >= 4 is 17.8 Å². The predicted octanol–water partition coefficient (Wildman–Crippen LogP) is 0.315. The average Bonchev–Trinajstić information content (AvgIpc) is 2.97. The number of carbonyl (C=O) groups excluding carboxylic acids is 3. The third-order valence-corrected chi connectivity index (χ3v) is 3.06. The second kappa shape index (κ2) is 6.23. The Morgan fingerprint density at radius 3 is 2.90 bits per heavy atom. The number of imide groups is 1. The maximum atomic E-state index is 11.8.